The van der Waals surface area contributed by atoms with E-state index in [4.69, 9.17) is 4.42 Å². The summed E-state index contributed by atoms with van der Waals surface area (Å²) < 4.78 is 47.1. The highest BCUT2D eigenvalue weighted by molar-refractivity contribution is 5.57. The van der Waals surface area contributed by atoms with Crippen LogP contribution in [0.25, 0.3) is 11.5 Å². The Bertz CT molecular complexity index is 1070. The fourth-order valence-corrected chi connectivity index (χ4v) is 4.50. The first kappa shape index (κ1) is 21.4. The summed E-state index contributed by atoms with van der Waals surface area (Å²) >= 11 is 0. The number of aliphatic hydroxyl groups is 1. The van der Waals surface area contributed by atoms with Gasteiger partial charge in [0, 0.05) is 24.1 Å². The van der Waals surface area contributed by atoms with E-state index in [1.165, 1.54) is 24.3 Å². The number of hydrogen-bond acceptors (Lipinski definition) is 5. The van der Waals surface area contributed by atoms with Gasteiger partial charge in [0.2, 0.25) is 5.89 Å². The molecule has 1 aromatic heterocycles. The van der Waals surface area contributed by atoms with Crippen molar-refractivity contribution in [3.05, 3.63) is 71.6 Å². The monoisotopic (exact) mass is 432 g/mol. The summed E-state index contributed by atoms with van der Waals surface area (Å²) in [5.74, 6) is 0.102. The highest BCUT2D eigenvalue weighted by atomic mass is 19.4. The van der Waals surface area contributed by atoms with Crippen LogP contribution in [0.5, 0.6) is 5.75 Å². The van der Waals surface area contributed by atoms with Crippen molar-refractivity contribution in [2.24, 2.45) is 5.41 Å². The van der Waals surface area contributed by atoms with E-state index in [0.717, 1.165) is 5.69 Å². The lowest BCUT2D eigenvalue weighted by atomic mass is 9.62. The molecule has 2 aromatic carbocycles. The molecule has 1 aliphatic rings. The number of nitrogens with zero attached hydrogens (tertiary/aromatic N) is 2. The van der Waals surface area contributed by atoms with Crippen LogP contribution in [0.15, 0.2) is 59.2 Å². The van der Waals surface area contributed by atoms with E-state index in [0.29, 0.717) is 35.7 Å². The van der Waals surface area contributed by atoms with Gasteiger partial charge in [0.25, 0.3) is 0 Å². The van der Waals surface area contributed by atoms with Crippen molar-refractivity contribution < 1.29 is 27.4 Å². The number of hydrogen-bond donors (Lipinski definition) is 1. The molecule has 5 nitrogen and oxygen atoms in total. The van der Waals surface area contributed by atoms with Gasteiger partial charge in [0.1, 0.15) is 17.6 Å². The van der Waals surface area contributed by atoms with E-state index in [1.54, 1.807) is 6.26 Å². The van der Waals surface area contributed by atoms with Gasteiger partial charge in [-0.2, -0.15) is 0 Å². The predicted octanol–water partition coefficient (Wildman–Crippen LogP) is 4.74. The molecule has 0 unspecified atom stereocenters. The Balaban J connectivity index is 1.78. The molecule has 0 saturated carbocycles. The second-order valence-corrected chi connectivity index (χ2v) is 8.39. The van der Waals surface area contributed by atoms with Gasteiger partial charge in [-0.1, -0.05) is 31.2 Å². The van der Waals surface area contributed by atoms with Crippen molar-refractivity contribution in [1.82, 2.24) is 9.88 Å². The number of benzene rings is 2. The van der Waals surface area contributed by atoms with Crippen molar-refractivity contribution in [1.29, 1.82) is 0 Å². The Morgan fingerprint density at radius 2 is 1.77 bits per heavy atom. The number of aryl methyl sites for hydroxylation is 1. The van der Waals surface area contributed by atoms with Crippen LogP contribution >= 0.6 is 0 Å². The molecule has 1 saturated heterocycles. The highest BCUT2D eigenvalue weighted by Crippen LogP contribution is 2.50. The SMILES string of the molecule is Cc1coc(-c2cccc([C@@](O)(c3ccc(OC(F)(F)F)cc3)C3(C)CN(C)C3)c2)n1. The van der Waals surface area contributed by atoms with E-state index in [2.05, 4.69) is 14.6 Å². The number of ether oxygens (including phenoxy) is 1. The molecule has 8 heteroatoms. The molecule has 2 heterocycles. The van der Waals surface area contributed by atoms with Gasteiger partial charge >= 0.3 is 6.36 Å². The number of aromatic nitrogens is 1. The Morgan fingerprint density at radius 1 is 1.10 bits per heavy atom. The lowest BCUT2D eigenvalue weighted by molar-refractivity contribution is -0.274. The number of oxazole rings is 1. The summed E-state index contributed by atoms with van der Waals surface area (Å²) in [6.45, 7) is 5.03. The van der Waals surface area contributed by atoms with Gasteiger partial charge < -0.3 is 19.2 Å². The zero-order valence-electron chi connectivity index (χ0n) is 17.4. The van der Waals surface area contributed by atoms with Crippen molar-refractivity contribution >= 4 is 0 Å². The van der Waals surface area contributed by atoms with Crippen LogP contribution in [0.1, 0.15) is 23.7 Å². The molecule has 0 radical (unpaired) electrons. The molecule has 164 valence electrons. The Kier molecular flexibility index (Phi) is 5.10. The second-order valence-electron chi connectivity index (χ2n) is 8.39. The van der Waals surface area contributed by atoms with Gasteiger partial charge in [-0.25, -0.2) is 4.98 Å². The molecule has 0 spiro atoms. The Morgan fingerprint density at radius 3 is 2.32 bits per heavy atom. The molecule has 31 heavy (non-hydrogen) atoms. The van der Waals surface area contributed by atoms with E-state index < -0.39 is 17.4 Å². The third-order valence-electron chi connectivity index (χ3n) is 5.76. The number of alkyl halides is 3. The topological polar surface area (TPSA) is 58.7 Å². The first-order chi connectivity index (χ1) is 14.5. The maximum atomic E-state index is 12.6. The van der Waals surface area contributed by atoms with Crippen LogP contribution in [0.3, 0.4) is 0 Å². The molecule has 4 rings (SSSR count). The summed E-state index contributed by atoms with van der Waals surface area (Å²) in [5.41, 5.74) is 0.535. The highest BCUT2D eigenvalue weighted by Gasteiger charge is 2.55. The molecule has 1 N–H and O–H groups in total. The third kappa shape index (κ3) is 3.93. The number of likely N-dealkylation sites (tertiary alicyclic amines) is 1. The Hall–Kier alpha value is -2.84. The molecular weight excluding hydrogens is 409 g/mol. The maximum absolute atomic E-state index is 12.6. The maximum Gasteiger partial charge on any atom is 0.573 e. The quantitative estimate of drug-likeness (QED) is 0.631. The van der Waals surface area contributed by atoms with Crippen LogP contribution in [0, 0.1) is 12.3 Å². The minimum absolute atomic E-state index is 0.335. The molecule has 1 fully saturated rings. The number of rotatable bonds is 5. The van der Waals surface area contributed by atoms with E-state index >= 15 is 0 Å². The fourth-order valence-electron chi connectivity index (χ4n) is 4.50. The average Bonchev–Trinajstić information content (AvgIpc) is 3.12. The van der Waals surface area contributed by atoms with Crippen LogP contribution < -0.4 is 4.74 Å². The van der Waals surface area contributed by atoms with E-state index in [1.807, 2.05) is 45.2 Å². The fraction of sp³-hybridized carbons (Fsp3) is 0.348. The molecular formula is C23H23F3N2O3. The zero-order valence-corrected chi connectivity index (χ0v) is 17.4. The standard InChI is InChI=1S/C23H23F3N2O3/c1-15-12-30-20(27-15)16-5-4-6-18(11-16)22(29,21(2)13-28(3)14-21)17-7-9-19(10-8-17)31-23(24,25)26/h4-12,29H,13-14H2,1-3H3/t22-/m0/s1. The second kappa shape index (κ2) is 7.39. The Labute approximate surface area is 178 Å². The lowest BCUT2D eigenvalue weighted by Crippen LogP contribution is -2.63. The van der Waals surface area contributed by atoms with Gasteiger partial charge in [0.15, 0.2) is 0 Å². The van der Waals surface area contributed by atoms with Gasteiger partial charge in [-0.05, 0) is 49.4 Å². The number of halogens is 3. The van der Waals surface area contributed by atoms with Crippen molar-refractivity contribution in [2.45, 2.75) is 25.8 Å². The first-order valence-corrected chi connectivity index (χ1v) is 9.80. The summed E-state index contributed by atoms with van der Waals surface area (Å²) in [5, 5.41) is 12.1. The summed E-state index contributed by atoms with van der Waals surface area (Å²) in [6, 6.07) is 12.7. The normalized spacial score (nSPS) is 18.3. The lowest BCUT2D eigenvalue weighted by Gasteiger charge is -2.56. The summed E-state index contributed by atoms with van der Waals surface area (Å²) in [4.78, 5) is 6.43. The van der Waals surface area contributed by atoms with Crippen LogP contribution in [-0.2, 0) is 5.60 Å². The average molecular weight is 432 g/mol. The minimum atomic E-state index is -4.77. The van der Waals surface area contributed by atoms with Crippen molar-refractivity contribution in [2.75, 3.05) is 20.1 Å². The molecule has 0 bridgehead atoms. The molecule has 3 aromatic rings. The smallest absolute Gasteiger partial charge is 0.444 e. The molecule has 1 aliphatic heterocycles. The van der Waals surface area contributed by atoms with Gasteiger partial charge in [-0.3, -0.25) is 0 Å². The third-order valence-corrected chi connectivity index (χ3v) is 5.76. The molecule has 1 atom stereocenters. The molecule has 0 amide bonds. The van der Waals surface area contributed by atoms with Crippen molar-refractivity contribution in [3.8, 4) is 17.2 Å². The van der Waals surface area contributed by atoms with Crippen molar-refractivity contribution in [3.63, 3.8) is 0 Å². The summed E-state index contributed by atoms with van der Waals surface area (Å²) in [7, 11) is 1.95. The predicted molar refractivity (Wildman–Crippen MR) is 108 cm³/mol. The van der Waals surface area contributed by atoms with E-state index in [9.17, 15) is 18.3 Å². The van der Waals surface area contributed by atoms with Crippen LogP contribution in [0.4, 0.5) is 13.2 Å². The largest absolute Gasteiger partial charge is 0.573 e. The van der Waals surface area contributed by atoms with Crippen LogP contribution in [0.2, 0.25) is 0 Å². The van der Waals surface area contributed by atoms with E-state index in [-0.39, 0.29) is 5.75 Å². The summed E-state index contributed by atoms with van der Waals surface area (Å²) in [6.07, 6.45) is -3.22. The van der Waals surface area contributed by atoms with Gasteiger partial charge in [-0.15, -0.1) is 13.2 Å². The molecule has 0 aliphatic carbocycles. The van der Waals surface area contributed by atoms with Crippen LogP contribution in [-0.4, -0.2) is 41.5 Å². The minimum Gasteiger partial charge on any atom is -0.444 e. The zero-order chi connectivity index (χ0) is 22.4. The first-order valence-electron chi connectivity index (χ1n) is 9.80. The van der Waals surface area contributed by atoms with Gasteiger partial charge in [0.05, 0.1) is 5.69 Å².